The van der Waals surface area contributed by atoms with Gasteiger partial charge in [-0.1, -0.05) is 39.0 Å². The third-order valence-electron chi connectivity index (χ3n) is 4.21. The van der Waals surface area contributed by atoms with Crippen LogP contribution in [0.3, 0.4) is 0 Å². The van der Waals surface area contributed by atoms with Crippen molar-refractivity contribution in [1.29, 1.82) is 0 Å². The van der Waals surface area contributed by atoms with Crippen LogP contribution in [0.25, 0.3) is 0 Å². The highest BCUT2D eigenvalue weighted by Crippen LogP contribution is 2.40. The van der Waals surface area contributed by atoms with Crippen molar-refractivity contribution in [2.45, 2.75) is 83.5 Å². The number of hydrogen-bond acceptors (Lipinski definition) is 1. The van der Waals surface area contributed by atoms with E-state index in [1.165, 1.54) is 0 Å². The average Bonchev–Trinajstić information content (AvgIpc) is 2.44. The van der Waals surface area contributed by atoms with E-state index in [0.717, 1.165) is 23.9 Å². The molecule has 0 radical (unpaired) electrons. The molecular formula is C16H30F6NO3P. The third-order valence-corrected chi connectivity index (χ3v) is 5.34. The minimum atomic E-state index is -4.65. The molecule has 0 rings (SSSR count). The molecule has 2 N–H and O–H groups in total. The van der Waals surface area contributed by atoms with Gasteiger partial charge in [-0.15, -0.1) is 0 Å². The third kappa shape index (κ3) is 16.4. The zero-order valence-corrected chi connectivity index (χ0v) is 16.4. The molecule has 0 saturated heterocycles. The van der Waals surface area contributed by atoms with Gasteiger partial charge in [0.25, 0.3) is 0 Å². The van der Waals surface area contributed by atoms with Crippen molar-refractivity contribution < 1.29 is 40.7 Å². The molecule has 11 heteroatoms. The highest BCUT2D eigenvalue weighted by atomic mass is 31.2. The second-order valence-corrected chi connectivity index (χ2v) is 8.47. The van der Waals surface area contributed by atoms with E-state index in [4.69, 9.17) is 0 Å². The van der Waals surface area contributed by atoms with Gasteiger partial charge in [-0.3, -0.25) is 0 Å². The molecule has 0 aliphatic heterocycles. The Morgan fingerprint density at radius 3 is 1.63 bits per heavy atom. The summed E-state index contributed by atoms with van der Waals surface area (Å²) in [6.07, 6.45) is -8.29. The fraction of sp³-hybridized carbons (Fsp3) is 1.00. The minimum Gasteiger partial charge on any atom is -0.312 e. The van der Waals surface area contributed by atoms with E-state index in [0.29, 0.717) is 19.3 Å². The predicted molar refractivity (Wildman–Crippen MR) is 91.1 cm³/mol. The van der Waals surface area contributed by atoms with Crippen molar-refractivity contribution in [1.82, 2.24) is 4.67 Å². The van der Waals surface area contributed by atoms with E-state index < -0.39 is 38.9 Å². The Labute approximate surface area is 156 Å². The lowest BCUT2D eigenvalue weighted by molar-refractivity contribution is -0.173. The fourth-order valence-electron chi connectivity index (χ4n) is 2.93. The smallest absolute Gasteiger partial charge is 0.312 e. The molecule has 0 aromatic rings. The summed E-state index contributed by atoms with van der Waals surface area (Å²) in [5, 5.41) is 0. The predicted octanol–water partition coefficient (Wildman–Crippen LogP) is 6.04. The van der Waals surface area contributed by atoms with Gasteiger partial charge in [0.05, 0.1) is 0 Å². The number of hydrogen-bond donors (Lipinski definition) is 2. The number of unbranched alkanes of at least 4 members (excludes halogenated alkanes) is 5. The van der Waals surface area contributed by atoms with Gasteiger partial charge in [0.1, 0.15) is 0 Å². The zero-order valence-electron chi connectivity index (χ0n) is 15.5. The van der Waals surface area contributed by atoms with E-state index in [2.05, 4.69) is 0 Å². The second-order valence-electron chi connectivity index (χ2n) is 6.88. The fourth-order valence-corrected chi connectivity index (χ4v) is 3.73. The lowest BCUT2D eigenvalue weighted by atomic mass is 9.94. The van der Waals surface area contributed by atoms with Crippen LogP contribution in [0.1, 0.15) is 71.1 Å². The Kier molecular flexibility index (Phi) is 12.2. The molecule has 164 valence electrons. The molecule has 0 amide bonds. The van der Waals surface area contributed by atoms with E-state index >= 15 is 0 Å². The summed E-state index contributed by atoms with van der Waals surface area (Å²) < 4.78 is 86.9. The average molecular weight is 429 g/mol. The Balaban J connectivity index is 4.33. The maximum Gasteiger partial charge on any atom is 0.402 e. The number of alkyl halides is 6. The molecule has 0 unspecified atom stereocenters. The summed E-state index contributed by atoms with van der Waals surface area (Å²) >= 11 is 0. The quantitative estimate of drug-likeness (QED) is 0.201. The maximum atomic E-state index is 12.4. The number of halogens is 6. The molecule has 4 nitrogen and oxygen atoms in total. The van der Waals surface area contributed by atoms with Crippen molar-refractivity contribution in [3.8, 4) is 0 Å². The van der Waals surface area contributed by atoms with Crippen LogP contribution in [0.5, 0.6) is 0 Å². The van der Waals surface area contributed by atoms with Crippen LogP contribution < -0.4 is 0 Å². The van der Waals surface area contributed by atoms with Gasteiger partial charge in [0, 0.05) is 25.9 Å². The lowest BCUT2D eigenvalue weighted by Gasteiger charge is -2.23. The summed E-state index contributed by atoms with van der Waals surface area (Å²) in [4.78, 5) is 18.6. The van der Waals surface area contributed by atoms with Crippen molar-refractivity contribution in [2.75, 3.05) is 13.1 Å². The molecule has 0 saturated carbocycles. The Bertz CT molecular complexity index is 423. The molecule has 0 heterocycles. The molecule has 0 aliphatic rings. The Hall–Kier alpha value is -0.310. The largest absolute Gasteiger partial charge is 0.402 e. The van der Waals surface area contributed by atoms with Crippen molar-refractivity contribution in [2.24, 2.45) is 5.92 Å². The Morgan fingerprint density at radius 2 is 1.26 bits per heavy atom. The van der Waals surface area contributed by atoms with Gasteiger partial charge in [-0.2, -0.15) is 26.3 Å². The number of rotatable bonds is 14. The SMILES string of the molecule is CCCCCCN(CCCCCC(CC(F)(F)F)CC(F)(F)F)P(=O)(O)O. The van der Waals surface area contributed by atoms with Crippen LogP contribution in [0.15, 0.2) is 0 Å². The first kappa shape index (κ1) is 26.7. The highest BCUT2D eigenvalue weighted by Gasteiger charge is 2.38. The van der Waals surface area contributed by atoms with Crippen LogP contribution in [-0.4, -0.2) is 39.9 Å². The molecule has 0 spiro atoms. The molecule has 0 atom stereocenters. The first-order valence-corrected chi connectivity index (χ1v) is 10.8. The summed E-state index contributed by atoms with van der Waals surface area (Å²) in [7, 11) is -4.41. The summed E-state index contributed by atoms with van der Waals surface area (Å²) in [5.41, 5.74) is 0. The summed E-state index contributed by atoms with van der Waals surface area (Å²) in [5.74, 6) is -1.52. The first-order valence-electron chi connectivity index (χ1n) is 9.19. The molecule has 0 fully saturated rings. The van der Waals surface area contributed by atoms with E-state index in [9.17, 15) is 40.7 Å². The van der Waals surface area contributed by atoms with E-state index in [1.807, 2.05) is 6.92 Å². The first-order chi connectivity index (χ1) is 12.2. The minimum absolute atomic E-state index is 0.0691. The van der Waals surface area contributed by atoms with Crippen molar-refractivity contribution >= 4 is 7.75 Å². The standard InChI is InChI=1S/C16H30F6NO3P/c1-2-3-4-7-10-23(27(24,25)26)11-8-5-6-9-14(12-15(17,18)19)13-16(20,21)22/h14H,2-13H2,1H3,(H2,24,25,26). The lowest BCUT2D eigenvalue weighted by Crippen LogP contribution is -2.23. The van der Waals surface area contributed by atoms with Gasteiger partial charge in [0.15, 0.2) is 0 Å². The molecule has 27 heavy (non-hydrogen) atoms. The maximum absolute atomic E-state index is 12.4. The van der Waals surface area contributed by atoms with Crippen molar-refractivity contribution in [3.05, 3.63) is 0 Å². The molecule has 0 bridgehead atoms. The highest BCUT2D eigenvalue weighted by molar-refractivity contribution is 7.49. The van der Waals surface area contributed by atoms with Crippen LogP contribution in [-0.2, 0) is 4.57 Å². The van der Waals surface area contributed by atoms with Crippen molar-refractivity contribution in [3.63, 3.8) is 0 Å². The molecular weight excluding hydrogens is 399 g/mol. The molecule has 0 aromatic heterocycles. The summed E-state index contributed by atoms with van der Waals surface area (Å²) in [6.45, 7) is 2.29. The van der Waals surface area contributed by atoms with Gasteiger partial charge in [-0.25, -0.2) is 9.24 Å². The van der Waals surface area contributed by atoms with Crippen LogP contribution in [0.2, 0.25) is 0 Å². The van der Waals surface area contributed by atoms with Crippen LogP contribution in [0, 0.1) is 5.92 Å². The molecule has 0 aliphatic carbocycles. The number of nitrogens with zero attached hydrogens (tertiary/aromatic N) is 1. The van der Waals surface area contributed by atoms with Crippen LogP contribution in [0.4, 0.5) is 26.3 Å². The van der Waals surface area contributed by atoms with Gasteiger partial charge in [-0.05, 0) is 25.2 Å². The second kappa shape index (κ2) is 12.3. The van der Waals surface area contributed by atoms with E-state index in [-0.39, 0.29) is 25.9 Å². The molecule has 0 aromatic carbocycles. The zero-order chi connectivity index (χ0) is 21.1. The Morgan fingerprint density at radius 1 is 0.815 bits per heavy atom. The van der Waals surface area contributed by atoms with E-state index in [1.54, 1.807) is 0 Å². The van der Waals surface area contributed by atoms with Gasteiger partial charge < -0.3 is 9.79 Å². The summed E-state index contributed by atoms with van der Waals surface area (Å²) in [6, 6.07) is 0. The van der Waals surface area contributed by atoms with Gasteiger partial charge >= 0.3 is 20.1 Å². The topological polar surface area (TPSA) is 60.8 Å². The monoisotopic (exact) mass is 429 g/mol. The van der Waals surface area contributed by atoms with Gasteiger partial charge in [0.2, 0.25) is 0 Å². The normalized spacial score (nSPS) is 13.7. The van der Waals surface area contributed by atoms with Crippen LogP contribution >= 0.6 is 7.75 Å².